The molecule has 3 heteroatoms. The predicted molar refractivity (Wildman–Crippen MR) is 36.1 cm³/mol. The standard InChI is InChI=1S/C6H14N2O/c7-5-1-2-8-6(3-5)4-9/h5-6,8-9H,1-4,7H2/t5-,6-/m1/s1. The molecule has 4 N–H and O–H groups in total. The summed E-state index contributed by atoms with van der Waals surface area (Å²) in [6.45, 7) is 1.17. The smallest absolute Gasteiger partial charge is 0.0585 e. The maximum absolute atomic E-state index is 8.69. The summed E-state index contributed by atoms with van der Waals surface area (Å²) >= 11 is 0. The van der Waals surface area contributed by atoms with Crippen LogP contribution in [-0.4, -0.2) is 30.3 Å². The molecule has 0 unspecified atom stereocenters. The van der Waals surface area contributed by atoms with E-state index in [1.54, 1.807) is 0 Å². The molecule has 2 atom stereocenters. The fourth-order valence-corrected chi connectivity index (χ4v) is 1.18. The van der Waals surface area contributed by atoms with Gasteiger partial charge in [0.1, 0.15) is 0 Å². The Morgan fingerprint density at radius 2 is 2.44 bits per heavy atom. The van der Waals surface area contributed by atoms with E-state index >= 15 is 0 Å². The Morgan fingerprint density at radius 3 is 2.89 bits per heavy atom. The highest BCUT2D eigenvalue weighted by Crippen LogP contribution is 2.04. The van der Waals surface area contributed by atoms with Crippen molar-refractivity contribution in [3.63, 3.8) is 0 Å². The van der Waals surface area contributed by atoms with E-state index < -0.39 is 0 Å². The van der Waals surface area contributed by atoms with Gasteiger partial charge in [-0.3, -0.25) is 0 Å². The van der Waals surface area contributed by atoms with Gasteiger partial charge in [0.25, 0.3) is 0 Å². The normalized spacial score (nSPS) is 36.7. The molecule has 0 spiro atoms. The number of aliphatic hydroxyl groups is 1. The van der Waals surface area contributed by atoms with Gasteiger partial charge in [0.05, 0.1) is 6.61 Å². The Morgan fingerprint density at radius 1 is 1.67 bits per heavy atom. The van der Waals surface area contributed by atoms with Gasteiger partial charge in [0.2, 0.25) is 0 Å². The average molecular weight is 130 g/mol. The van der Waals surface area contributed by atoms with Crippen LogP contribution in [0, 0.1) is 0 Å². The molecule has 0 amide bonds. The third-order valence-electron chi connectivity index (χ3n) is 1.76. The van der Waals surface area contributed by atoms with Crippen LogP contribution in [-0.2, 0) is 0 Å². The minimum Gasteiger partial charge on any atom is -0.395 e. The fourth-order valence-electron chi connectivity index (χ4n) is 1.18. The molecule has 0 bridgehead atoms. The molecule has 0 aromatic carbocycles. The van der Waals surface area contributed by atoms with Crippen molar-refractivity contribution in [3.05, 3.63) is 0 Å². The first-order valence-electron chi connectivity index (χ1n) is 3.42. The first-order valence-corrected chi connectivity index (χ1v) is 3.42. The van der Waals surface area contributed by atoms with Gasteiger partial charge in [0.15, 0.2) is 0 Å². The van der Waals surface area contributed by atoms with Crippen LogP contribution >= 0.6 is 0 Å². The summed E-state index contributed by atoms with van der Waals surface area (Å²) in [5, 5.41) is 11.9. The van der Waals surface area contributed by atoms with Crippen molar-refractivity contribution >= 4 is 0 Å². The summed E-state index contributed by atoms with van der Waals surface area (Å²) in [6.07, 6.45) is 1.95. The molecule has 0 radical (unpaired) electrons. The second-order valence-electron chi connectivity index (χ2n) is 2.62. The van der Waals surface area contributed by atoms with Gasteiger partial charge in [-0.15, -0.1) is 0 Å². The van der Waals surface area contributed by atoms with Crippen LogP contribution in [0.4, 0.5) is 0 Å². The van der Waals surface area contributed by atoms with Crippen LogP contribution in [0.5, 0.6) is 0 Å². The molecule has 3 nitrogen and oxygen atoms in total. The molecule has 9 heavy (non-hydrogen) atoms. The van der Waals surface area contributed by atoms with Crippen molar-refractivity contribution in [2.75, 3.05) is 13.2 Å². The molecule has 0 saturated carbocycles. The predicted octanol–water partition coefficient (Wildman–Crippen LogP) is -0.942. The Kier molecular flexibility index (Phi) is 2.45. The summed E-state index contributed by atoms with van der Waals surface area (Å²) in [5.41, 5.74) is 5.65. The van der Waals surface area contributed by atoms with Crippen LogP contribution in [0.1, 0.15) is 12.8 Å². The molecule has 1 heterocycles. The summed E-state index contributed by atoms with van der Waals surface area (Å²) in [6, 6.07) is 0.539. The minimum absolute atomic E-state index is 0.216. The number of nitrogens with one attached hydrogen (secondary N) is 1. The Bertz CT molecular complexity index is 87.1. The van der Waals surface area contributed by atoms with Crippen molar-refractivity contribution < 1.29 is 5.11 Å². The van der Waals surface area contributed by atoms with Gasteiger partial charge < -0.3 is 16.2 Å². The largest absolute Gasteiger partial charge is 0.395 e. The molecule has 1 aliphatic rings. The van der Waals surface area contributed by atoms with E-state index in [0.29, 0.717) is 6.04 Å². The molecule has 1 rings (SSSR count). The number of aliphatic hydroxyl groups excluding tert-OH is 1. The molecule has 1 aliphatic heterocycles. The van der Waals surface area contributed by atoms with Gasteiger partial charge >= 0.3 is 0 Å². The van der Waals surface area contributed by atoms with E-state index in [-0.39, 0.29) is 12.6 Å². The second-order valence-corrected chi connectivity index (χ2v) is 2.62. The second kappa shape index (κ2) is 3.15. The van der Waals surface area contributed by atoms with E-state index in [1.807, 2.05) is 0 Å². The molecule has 0 aromatic rings. The SMILES string of the molecule is N[C@@H]1CCN[C@@H](CO)C1. The van der Waals surface area contributed by atoms with Gasteiger partial charge in [0, 0.05) is 12.1 Å². The van der Waals surface area contributed by atoms with E-state index in [2.05, 4.69) is 5.32 Å². The lowest BCUT2D eigenvalue weighted by molar-refractivity contribution is 0.211. The average Bonchev–Trinajstić information content (AvgIpc) is 1.88. The number of hydrogen-bond donors (Lipinski definition) is 3. The van der Waals surface area contributed by atoms with Crippen molar-refractivity contribution in [1.82, 2.24) is 5.32 Å². The van der Waals surface area contributed by atoms with Crippen LogP contribution in [0.3, 0.4) is 0 Å². The first-order chi connectivity index (χ1) is 4.33. The molecule has 54 valence electrons. The summed E-state index contributed by atoms with van der Waals surface area (Å²) in [4.78, 5) is 0. The highest BCUT2D eigenvalue weighted by atomic mass is 16.3. The zero-order valence-corrected chi connectivity index (χ0v) is 5.51. The molecule has 1 fully saturated rings. The van der Waals surface area contributed by atoms with Crippen molar-refractivity contribution in [1.29, 1.82) is 0 Å². The molecular formula is C6H14N2O. The van der Waals surface area contributed by atoms with Gasteiger partial charge in [-0.25, -0.2) is 0 Å². The molecule has 1 saturated heterocycles. The summed E-state index contributed by atoms with van der Waals surface area (Å²) < 4.78 is 0. The summed E-state index contributed by atoms with van der Waals surface area (Å²) in [7, 11) is 0. The number of hydrogen-bond acceptors (Lipinski definition) is 3. The summed E-state index contributed by atoms with van der Waals surface area (Å²) in [5.74, 6) is 0. The van der Waals surface area contributed by atoms with Crippen molar-refractivity contribution in [3.8, 4) is 0 Å². The Balaban J connectivity index is 2.23. The third-order valence-corrected chi connectivity index (χ3v) is 1.76. The van der Waals surface area contributed by atoms with Crippen LogP contribution in [0.25, 0.3) is 0 Å². The molecule has 0 aromatic heterocycles. The van der Waals surface area contributed by atoms with Gasteiger partial charge in [-0.1, -0.05) is 0 Å². The molecule has 0 aliphatic carbocycles. The Hall–Kier alpha value is -0.120. The van der Waals surface area contributed by atoms with Crippen molar-refractivity contribution in [2.24, 2.45) is 5.73 Å². The van der Waals surface area contributed by atoms with Crippen molar-refractivity contribution in [2.45, 2.75) is 24.9 Å². The van der Waals surface area contributed by atoms with Gasteiger partial charge in [-0.05, 0) is 19.4 Å². The quantitative estimate of drug-likeness (QED) is 0.429. The minimum atomic E-state index is 0.216. The monoisotopic (exact) mass is 130 g/mol. The highest BCUT2D eigenvalue weighted by Gasteiger charge is 2.16. The van der Waals surface area contributed by atoms with E-state index in [1.165, 1.54) is 0 Å². The number of piperidine rings is 1. The zero-order valence-electron chi connectivity index (χ0n) is 5.51. The van der Waals surface area contributed by atoms with E-state index in [4.69, 9.17) is 10.8 Å². The Labute approximate surface area is 55.2 Å². The lowest BCUT2D eigenvalue weighted by Gasteiger charge is -2.26. The zero-order chi connectivity index (χ0) is 6.69. The first kappa shape index (κ1) is 6.99. The fraction of sp³-hybridized carbons (Fsp3) is 1.00. The maximum Gasteiger partial charge on any atom is 0.0585 e. The topological polar surface area (TPSA) is 58.3 Å². The molecular weight excluding hydrogens is 116 g/mol. The maximum atomic E-state index is 8.69. The lowest BCUT2D eigenvalue weighted by atomic mass is 10.0. The third kappa shape index (κ3) is 1.93. The van der Waals surface area contributed by atoms with E-state index in [9.17, 15) is 0 Å². The lowest BCUT2D eigenvalue weighted by Crippen LogP contribution is -2.45. The van der Waals surface area contributed by atoms with Gasteiger partial charge in [-0.2, -0.15) is 0 Å². The highest BCUT2D eigenvalue weighted by molar-refractivity contribution is 4.79. The van der Waals surface area contributed by atoms with Crippen LogP contribution in [0.15, 0.2) is 0 Å². The van der Waals surface area contributed by atoms with Crippen LogP contribution < -0.4 is 11.1 Å². The number of nitrogens with two attached hydrogens (primary N) is 1. The number of rotatable bonds is 1. The van der Waals surface area contributed by atoms with E-state index in [0.717, 1.165) is 19.4 Å². The van der Waals surface area contributed by atoms with Crippen LogP contribution in [0.2, 0.25) is 0 Å².